The van der Waals surface area contributed by atoms with Crippen LogP contribution in [0.4, 0.5) is 4.79 Å². The summed E-state index contributed by atoms with van der Waals surface area (Å²) in [4.78, 5) is 21.6. The fourth-order valence-electron chi connectivity index (χ4n) is 1.39. The lowest BCUT2D eigenvalue weighted by Gasteiger charge is -2.19. The van der Waals surface area contributed by atoms with Gasteiger partial charge in [-0.05, 0) is 16.5 Å². The summed E-state index contributed by atoms with van der Waals surface area (Å²) in [6.45, 7) is 7.71. The highest BCUT2D eigenvalue weighted by atomic mass is 16.5. The van der Waals surface area contributed by atoms with Crippen LogP contribution in [0.1, 0.15) is 38.8 Å². The van der Waals surface area contributed by atoms with Crippen molar-refractivity contribution < 1.29 is 14.3 Å². The Morgan fingerprint density at radius 1 is 1.11 bits per heavy atom. The summed E-state index contributed by atoms with van der Waals surface area (Å²) in [5.41, 5.74) is 2.16. The molecular weight excluding hydrogens is 244 g/mol. The van der Waals surface area contributed by atoms with Crippen LogP contribution in [0.3, 0.4) is 0 Å². The van der Waals surface area contributed by atoms with Gasteiger partial charge in [-0.1, -0.05) is 50.2 Å². The molecule has 1 rings (SSSR count). The van der Waals surface area contributed by atoms with Gasteiger partial charge in [-0.2, -0.15) is 0 Å². The molecule has 0 saturated heterocycles. The van der Waals surface area contributed by atoms with Gasteiger partial charge in [-0.3, -0.25) is 4.79 Å². The second-order valence-corrected chi connectivity index (χ2v) is 5.22. The maximum Gasteiger partial charge on any atom is 0.452 e. The predicted molar refractivity (Wildman–Crippen MR) is 70.9 cm³/mol. The van der Waals surface area contributed by atoms with E-state index in [1.165, 1.54) is 12.5 Å². The van der Waals surface area contributed by atoms with Gasteiger partial charge in [0, 0.05) is 6.92 Å². The molecule has 0 aliphatic heterocycles. The van der Waals surface area contributed by atoms with Crippen molar-refractivity contribution >= 4 is 12.0 Å². The third-order valence-corrected chi connectivity index (χ3v) is 2.45. The number of azo groups is 1. The molecule has 1 aromatic carbocycles. The Bertz CT molecular complexity index is 484. The van der Waals surface area contributed by atoms with Crippen LogP contribution in [0.15, 0.2) is 34.5 Å². The summed E-state index contributed by atoms with van der Waals surface area (Å²) >= 11 is 0. The molecule has 0 bridgehead atoms. The zero-order chi connectivity index (χ0) is 14.5. The molecule has 0 unspecified atom stereocenters. The van der Waals surface area contributed by atoms with Crippen molar-refractivity contribution in [1.29, 1.82) is 0 Å². The first-order valence-electron chi connectivity index (χ1n) is 5.97. The monoisotopic (exact) mass is 262 g/mol. The van der Waals surface area contributed by atoms with E-state index in [0.29, 0.717) is 0 Å². The van der Waals surface area contributed by atoms with Crippen LogP contribution in [0.25, 0.3) is 0 Å². The van der Waals surface area contributed by atoms with Crippen LogP contribution < -0.4 is 0 Å². The minimum absolute atomic E-state index is 0.0882. The second-order valence-electron chi connectivity index (χ2n) is 5.22. The number of benzene rings is 1. The molecule has 0 fully saturated rings. The number of amides is 2. The number of hydrogen-bond acceptors (Lipinski definition) is 3. The Morgan fingerprint density at radius 2 is 1.68 bits per heavy atom. The van der Waals surface area contributed by atoms with Crippen molar-refractivity contribution in [2.24, 2.45) is 10.2 Å². The number of carbonyl (C=O) groups excluding carboxylic acids is 2. The first kappa shape index (κ1) is 15.0. The number of ether oxygens (including phenoxy) is 1. The minimum Gasteiger partial charge on any atom is -0.442 e. The number of hydrogen-bond donors (Lipinski definition) is 0. The van der Waals surface area contributed by atoms with E-state index in [2.05, 4.69) is 31.0 Å². The third kappa shape index (κ3) is 5.42. The summed E-state index contributed by atoms with van der Waals surface area (Å²) in [7, 11) is 0. The topological polar surface area (TPSA) is 68.1 Å². The minimum atomic E-state index is -0.866. The lowest BCUT2D eigenvalue weighted by atomic mass is 9.87. The zero-order valence-corrected chi connectivity index (χ0v) is 11.6. The molecule has 0 saturated carbocycles. The maximum absolute atomic E-state index is 11.1. The quantitative estimate of drug-likeness (QED) is 0.764. The summed E-state index contributed by atoms with van der Waals surface area (Å²) in [5, 5.41) is 6.20. The molecule has 2 amide bonds. The predicted octanol–water partition coefficient (Wildman–Crippen LogP) is 3.62. The summed E-state index contributed by atoms with van der Waals surface area (Å²) in [6.07, 6.45) is -0.866. The first-order valence-corrected chi connectivity index (χ1v) is 5.97. The highest BCUT2D eigenvalue weighted by Gasteiger charge is 2.12. The van der Waals surface area contributed by atoms with Crippen LogP contribution in [0.5, 0.6) is 0 Å². The molecule has 5 heteroatoms. The van der Waals surface area contributed by atoms with E-state index < -0.39 is 12.0 Å². The fraction of sp³-hybridized carbons (Fsp3) is 0.429. The van der Waals surface area contributed by atoms with Gasteiger partial charge in [0.25, 0.3) is 5.91 Å². The van der Waals surface area contributed by atoms with Crippen molar-refractivity contribution in [3.8, 4) is 0 Å². The largest absolute Gasteiger partial charge is 0.452 e. The van der Waals surface area contributed by atoms with Crippen LogP contribution >= 0.6 is 0 Å². The fourth-order valence-corrected chi connectivity index (χ4v) is 1.39. The van der Waals surface area contributed by atoms with Crippen LogP contribution in [-0.4, -0.2) is 12.0 Å². The molecule has 0 aromatic heterocycles. The molecule has 0 atom stereocenters. The van der Waals surface area contributed by atoms with E-state index in [-0.39, 0.29) is 12.0 Å². The molecule has 0 spiro atoms. The normalized spacial score (nSPS) is 11.6. The maximum atomic E-state index is 11.1. The molecule has 0 aliphatic carbocycles. The van der Waals surface area contributed by atoms with Crippen molar-refractivity contribution in [2.45, 2.75) is 39.7 Å². The smallest absolute Gasteiger partial charge is 0.442 e. The van der Waals surface area contributed by atoms with Crippen molar-refractivity contribution in [3.63, 3.8) is 0 Å². The molecule has 0 N–H and O–H groups in total. The second kappa shape index (κ2) is 6.22. The summed E-state index contributed by atoms with van der Waals surface area (Å²) in [5.74, 6) is -0.536. The number of nitrogens with zero attached hydrogens (tertiary/aromatic N) is 2. The average Bonchev–Trinajstić information content (AvgIpc) is 2.33. The molecule has 102 valence electrons. The van der Waals surface area contributed by atoms with Gasteiger partial charge >= 0.3 is 6.09 Å². The summed E-state index contributed by atoms with van der Waals surface area (Å²) < 4.78 is 4.85. The third-order valence-electron chi connectivity index (χ3n) is 2.45. The van der Waals surface area contributed by atoms with Crippen molar-refractivity contribution in [1.82, 2.24) is 0 Å². The van der Waals surface area contributed by atoms with Crippen molar-refractivity contribution in [2.75, 3.05) is 0 Å². The Balaban J connectivity index is 2.55. The molecule has 0 aliphatic rings. The highest BCUT2D eigenvalue weighted by Crippen LogP contribution is 2.22. The Hall–Kier alpha value is -2.04. The van der Waals surface area contributed by atoms with E-state index in [9.17, 15) is 9.59 Å². The van der Waals surface area contributed by atoms with Gasteiger partial charge in [0.15, 0.2) is 0 Å². The summed E-state index contributed by atoms with van der Waals surface area (Å²) in [6, 6.07) is 7.80. The number of carbonyl (C=O) groups is 2. The van der Waals surface area contributed by atoms with E-state index in [0.717, 1.165) is 5.56 Å². The van der Waals surface area contributed by atoms with Gasteiger partial charge < -0.3 is 4.74 Å². The molecule has 19 heavy (non-hydrogen) atoms. The van der Waals surface area contributed by atoms with Crippen LogP contribution in [0, 0.1) is 0 Å². The molecule has 0 heterocycles. The standard InChI is InChI=1S/C14H18N2O3/c1-10(17)15-16-13(18)19-9-11-5-7-12(8-6-11)14(2,3)4/h5-8H,9H2,1-4H3. The van der Waals surface area contributed by atoms with Crippen LogP contribution in [0.2, 0.25) is 0 Å². The SMILES string of the molecule is CC(=O)N=NC(=O)OCc1ccc(C(C)(C)C)cc1. The van der Waals surface area contributed by atoms with Gasteiger partial charge in [0.1, 0.15) is 6.61 Å². The van der Waals surface area contributed by atoms with Crippen molar-refractivity contribution in [3.05, 3.63) is 35.4 Å². The average molecular weight is 262 g/mol. The first-order chi connectivity index (χ1) is 8.79. The van der Waals surface area contributed by atoms with Gasteiger partial charge in [-0.25, -0.2) is 4.79 Å². The van der Waals surface area contributed by atoms with Gasteiger partial charge in [0.05, 0.1) is 0 Å². The highest BCUT2D eigenvalue weighted by molar-refractivity contribution is 5.76. The lowest BCUT2D eigenvalue weighted by molar-refractivity contribution is -0.116. The van der Waals surface area contributed by atoms with Crippen LogP contribution in [-0.2, 0) is 21.6 Å². The van der Waals surface area contributed by atoms with Gasteiger partial charge in [-0.15, -0.1) is 5.11 Å². The Labute approximate surface area is 112 Å². The van der Waals surface area contributed by atoms with E-state index in [1.54, 1.807) is 0 Å². The zero-order valence-electron chi connectivity index (χ0n) is 11.6. The van der Waals surface area contributed by atoms with E-state index in [4.69, 9.17) is 4.74 Å². The molecule has 5 nitrogen and oxygen atoms in total. The number of rotatable bonds is 2. The van der Waals surface area contributed by atoms with E-state index in [1.807, 2.05) is 24.3 Å². The molecule has 1 aromatic rings. The van der Waals surface area contributed by atoms with E-state index >= 15 is 0 Å². The molecular formula is C14H18N2O3. The Morgan fingerprint density at radius 3 is 2.16 bits per heavy atom. The lowest BCUT2D eigenvalue weighted by Crippen LogP contribution is -2.10. The molecule has 0 radical (unpaired) electrons. The Kier molecular flexibility index (Phi) is 4.92. The van der Waals surface area contributed by atoms with Gasteiger partial charge in [0.2, 0.25) is 0 Å².